The van der Waals surface area contributed by atoms with Gasteiger partial charge in [0.1, 0.15) is 11.8 Å². The van der Waals surface area contributed by atoms with E-state index in [-0.39, 0.29) is 17.9 Å². The Bertz CT molecular complexity index is 1140. The zero-order valence-corrected chi connectivity index (χ0v) is 23.2. The van der Waals surface area contributed by atoms with Gasteiger partial charge in [0, 0.05) is 35.3 Å². The van der Waals surface area contributed by atoms with Crippen LogP contribution in [0.1, 0.15) is 37.8 Å². The molecule has 5 nitrogen and oxygen atoms in total. The van der Waals surface area contributed by atoms with Gasteiger partial charge in [-0.2, -0.15) is 0 Å². The van der Waals surface area contributed by atoms with Crippen LogP contribution in [-0.2, 0) is 22.6 Å². The van der Waals surface area contributed by atoms with Crippen LogP contribution < -0.4 is 10.1 Å². The lowest BCUT2D eigenvalue weighted by atomic mass is 10.0. The second kappa shape index (κ2) is 14.7. The molecule has 3 aromatic rings. The summed E-state index contributed by atoms with van der Waals surface area (Å²) in [5.41, 5.74) is 1.92. The van der Waals surface area contributed by atoms with Crippen molar-refractivity contribution in [1.29, 1.82) is 0 Å². The standard InChI is InChI=1S/C30H35ClN2O3S/c1-22(2)32-30(35)28(20-23-9-5-4-6-10-23)33(21-24-11-7-12-26(19-24)36-3)29(34)13-8-18-37-27-16-14-25(31)15-17-27/h4-7,9-12,14-17,19,22,28H,8,13,18,20-21H2,1-3H3,(H,32,35)/t28-/m0/s1. The molecular formula is C30H35ClN2O3S. The first-order valence-electron chi connectivity index (χ1n) is 12.5. The molecule has 3 rings (SSSR count). The minimum Gasteiger partial charge on any atom is -0.497 e. The highest BCUT2D eigenvalue weighted by atomic mass is 35.5. The van der Waals surface area contributed by atoms with Gasteiger partial charge in [0.25, 0.3) is 0 Å². The minimum atomic E-state index is -0.632. The number of thioether (sulfide) groups is 1. The molecule has 0 aliphatic carbocycles. The van der Waals surface area contributed by atoms with Gasteiger partial charge in [0.15, 0.2) is 0 Å². The molecule has 0 aromatic heterocycles. The Morgan fingerprint density at radius 1 is 0.973 bits per heavy atom. The predicted molar refractivity (Wildman–Crippen MR) is 152 cm³/mol. The number of carbonyl (C=O) groups excluding carboxylic acids is 2. The van der Waals surface area contributed by atoms with Gasteiger partial charge >= 0.3 is 0 Å². The van der Waals surface area contributed by atoms with Gasteiger partial charge in [-0.3, -0.25) is 9.59 Å². The monoisotopic (exact) mass is 538 g/mol. The van der Waals surface area contributed by atoms with Crippen molar-refractivity contribution in [3.05, 3.63) is 95.0 Å². The van der Waals surface area contributed by atoms with E-state index in [4.69, 9.17) is 16.3 Å². The Labute approximate surface area is 229 Å². The average molecular weight is 539 g/mol. The summed E-state index contributed by atoms with van der Waals surface area (Å²) in [5.74, 6) is 1.32. The van der Waals surface area contributed by atoms with Crippen molar-refractivity contribution in [3.63, 3.8) is 0 Å². The second-order valence-corrected chi connectivity index (χ2v) is 10.8. The van der Waals surface area contributed by atoms with Gasteiger partial charge < -0.3 is 15.0 Å². The number of rotatable bonds is 13. The van der Waals surface area contributed by atoms with E-state index in [1.165, 1.54) is 0 Å². The van der Waals surface area contributed by atoms with Gasteiger partial charge in [-0.1, -0.05) is 54.1 Å². The molecule has 37 heavy (non-hydrogen) atoms. The van der Waals surface area contributed by atoms with E-state index in [1.54, 1.807) is 23.8 Å². The lowest BCUT2D eigenvalue weighted by molar-refractivity contribution is -0.141. The zero-order valence-electron chi connectivity index (χ0n) is 21.7. The quantitative estimate of drug-likeness (QED) is 0.202. The number of amides is 2. The summed E-state index contributed by atoms with van der Waals surface area (Å²) in [6.45, 7) is 4.18. The van der Waals surface area contributed by atoms with Gasteiger partial charge in [-0.15, -0.1) is 11.8 Å². The van der Waals surface area contributed by atoms with Crippen LogP contribution in [0, 0.1) is 0 Å². The fourth-order valence-corrected chi connectivity index (χ4v) is 4.97. The molecule has 196 valence electrons. The summed E-state index contributed by atoms with van der Waals surface area (Å²) in [5, 5.41) is 3.73. The predicted octanol–water partition coefficient (Wildman–Crippen LogP) is 6.39. The minimum absolute atomic E-state index is 0.0321. The zero-order chi connectivity index (χ0) is 26.6. The van der Waals surface area contributed by atoms with E-state index < -0.39 is 6.04 Å². The molecule has 0 unspecified atom stereocenters. The molecule has 2 amide bonds. The van der Waals surface area contributed by atoms with Crippen LogP contribution in [0.5, 0.6) is 5.75 Å². The van der Waals surface area contributed by atoms with E-state index in [1.807, 2.05) is 92.7 Å². The SMILES string of the molecule is COc1cccc(CN(C(=O)CCCSc2ccc(Cl)cc2)[C@@H](Cc2ccccc2)C(=O)NC(C)C)c1. The summed E-state index contributed by atoms with van der Waals surface area (Å²) in [4.78, 5) is 29.9. The molecular weight excluding hydrogens is 504 g/mol. The average Bonchev–Trinajstić information content (AvgIpc) is 2.89. The van der Waals surface area contributed by atoms with Gasteiger partial charge in [-0.25, -0.2) is 0 Å². The third-order valence-electron chi connectivity index (χ3n) is 5.81. The number of methoxy groups -OCH3 is 1. The molecule has 7 heteroatoms. The van der Waals surface area contributed by atoms with E-state index in [2.05, 4.69) is 5.32 Å². The van der Waals surface area contributed by atoms with Crippen LogP contribution >= 0.6 is 23.4 Å². The summed E-state index contributed by atoms with van der Waals surface area (Å²) < 4.78 is 5.39. The van der Waals surface area contributed by atoms with Crippen molar-refractivity contribution in [2.24, 2.45) is 0 Å². The first kappa shape index (κ1) is 28.6. The maximum atomic E-state index is 13.7. The molecule has 1 N–H and O–H groups in total. The largest absolute Gasteiger partial charge is 0.497 e. The molecule has 0 heterocycles. The number of nitrogens with one attached hydrogen (secondary N) is 1. The number of halogens is 1. The third kappa shape index (κ3) is 9.45. The maximum absolute atomic E-state index is 13.7. The van der Waals surface area contributed by atoms with Crippen LogP contribution in [0.4, 0.5) is 0 Å². The fourth-order valence-electron chi connectivity index (χ4n) is 3.99. The Morgan fingerprint density at radius 2 is 1.68 bits per heavy atom. The topological polar surface area (TPSA) is 58.6 Å². The Morgan fingerprint density at radius 3 is 2.35 bits per heavy atom. The lowest BCUT2D eigenvalue weighted by Gasteiger charge is -2.32. The Balaban J connectivity index is 1.80. The summed E-state index contributed by atoms with van der Waals surface area (Å²) in [6.07, 6.45) is 1.49. The molecule has 0 radical (unpaired) electrons. The van der Waals surface area contributed by atoms with Crippen molar-refractivity contribution in [2.75, 3.05) is 12.9 Å². The lowest BCUT2D eigenvalue weighted by Crippen LogP contribution is -2.51. The highest BCUT2D eigenvalue weighted by Crippen LogP contribution is 2.23. The number of hydrogen-bond acceptors (Lipinski definition) is 4. The van der Waals surface area contributed by atoms with E-state index >= 15 is 0 Å². The molecule has 0 saturated heterocycles. The highest BCUT2D eigenvalue weighted by molar-refractivity contribution is 7.99. The van der Waals surface area contributed by atoms with Crippen molar-refractivity contribution >= 4 is 35.2 Å². The molecule has 0 fully saturated rings. The number of ether oxygens (including phenoxy) is 1. The molecule has 0 aliphatic rings. The first-order valence-corrected chi connectivity index (χ1v) is 13.9. The summed E-state index contributed by atoms with van der Waals surface area (Å²) >= 11 is 7.67. The van der Waals surface area contributed by atoms with Gasteiger partial charge in [0.05, 0.1) is 7.11 Å². The van der Waals surface area contributed by atoms with Crippen molar-refractivity contribution < 1.29 is 14.3 Å². The molecule has 1 atom stereocenters. The summed E-state index contributed by atoms with van der Waals surface area (Å²) in [7, 11) is 1.62. The van der Waals surface area contributed by atoms with E-state index in [0.717, 1.165) is 27.5 Å². The maximum Gasteiger partial charge on any atom is 0.243 e. The number of benzene rings is 3. The van der Waals surface area contributed by atoms with Crippen molar-refractivity contribution in [3.8, 4) is 5.75 Å². The number of nitrogens with zero attached hydrogens (tertiary/aromatic N) is 1. The van der Waals surface area contributed by atoms with E-state index in [0.29, 0.717) is 30.8 Å². The second-order valence-electron chi connectivity index (χ2n) is 9.15. The molecule has 0 spiro atoms. The molecule has 0 saturated carbocycles. The normalized spacial score (nSPS) is 11.7. The third-order valence-corrected chi connectivity index (χ3v) is 7.16. The van der Waals surface area contributed by atoms with Gasteiger partial charge in [-0.05, 0) is 73.5 Å². The number of hydrogen-bond donors (Lipinski definition) is 1. The van der Waals surface area contributed by atoms with Gasteiger partial charge in [0.2, 0.25) is 11.8 Å². The van der Waals surface area contributed by atoms with Crippen LogP contribution in [0.3, 0.4) is 0 Å². The van der Waals surface area contributed by atoms with Crippen molar-refractivity contribution in [2.45, 2.75) is 56.6 Å². The Hall–Kier alpha value is -2.96. The highest BCUT2D eigenvalue weighted by Gasteiger charge is 2.30. The molecule has 3 aromatic carbocycles. The van der Waals surface area contributed by atoms with Crippen LogP contribution in [0.2, 0.25) is 5.02 Å². The smallest absolute Gasteiger partial charge is 0.243 e. The van der Waals surface area contributed by atoms with E-state index in [9.17, 15) is 9.59 Å². The van der Waals surface area contributed by atoms with Crippen LogP contribution in [0.25, 0.3) is 0 Å². The van der Waals surface area contributed by atoms with Crippen LogP contribution in [0.15, 0.2) is 83.8 Å². The molecule has 0 bridgehead atoms. The van der Waals surface area contributed by atoms with Crippen LogP contribution in [-0.4, -0.2) is 41.7 Å². The summed E-state index contributed by atoms with van der Waals surface area (Å²) in [6, 6.07) is 24.5. The van der Waals surface area contributed by atoms with Crippen molar-refractivity contribution in [1.82, 2.24) is 10.2 Å². The fraction of sp³-hybridized carbons (Fsp3) is 0.333. The first-order chi connectivity index (χ1) is 17.9. The Kier molecular flexibility index (Phi) is 11.4. The molecule has 0 aliphatic heterocycles. The number of carbonyl (C=O) groups is 2.